The van der Waals surface area contributed by atoms with Crippen LogP contribution < -0.4 is 4.74 Å². The number of nitrogens with zero attached hydrogens (tertiary/aromatic N) is 3. The molecular formula is C24H42N3O4S+. The molecule has 0 saturated heterocycles. The van der Waals surface area contributed by atoms with Gasteiger partial charge in [0, 0.05) is 18.4 Å². The fourth-order valence-electron chi connectivity index (χ4n) is 4.13. The van der Waals surface area contributed by atoms with Crippen LogP contribution in [0.3, 0.4) is 0 Å². The predicted octanol–water partition coefficient (Wildman–Crippen LogP) is 6.20. The number of ether oxygens (including phenoxy) is 3. The minimum atomic E-state index is -0.560. The van der Waals surface area contributed by atoms with Crippen molar-refractivity contribution in [2.24, 2.45) is 0 Å². The molecule has 1 aliphatic rings. The number of hydrogen-bond acceptors (Lipinski definition) is 7. The lowest BCUT2D eigenvalue weighted by Gasteiger charge is -2.42. The number of quaternary nitrogens is 1. The number of rotatable bonds is 15. The number of carbonyl (C=O) groups excluding carboxylic acids is 1. The Morgan fingerprint density at radius 1 is 1.06 bits per heavy atom. The fraction of sp³-hybridized carbons (Fsp3) is 0.792. The first-order valence-electron chi connectivity index (χ1n) is 12.4. The van der Waals surface area contributed by atoms with E-state index in [1.165, 1.54) is 31.0 Å². The third kappa shape index (κ3) is 8.35. The van der Waals surface area contributed by atoms with Gasteiger partial charge in [-0.2, -0.15) is 4.37 Å². The molecule has 7 nitrogen and oxygen atoms in total. The van der Waals surface area contributed by atoms with Crippen LogP contribution in [0.2, 0.25) is 0 Å². The van der Waals surface area contributed by atoms with Gasteiger partial charge in [0.15, 0.2) is 0 Å². The zero-order valence-electron chi connectivity index (χ0n) is 20.4. The molecule has 8 heteroatoms. The molecule has 0 N–H and O–H groups in total. The second-order valence-corrected chi connectivity index (χ2v) is 9.37. The number of likely N-dealkylation sites (N-methyl/N-ethyl adjacent to an activating group) is 1. The van der Waals surface area contributed by atoms with Crippen LogP contribution in [0.1, 0.15) is 90.7 Å². The summed E-state index contributed by atoms with van der Waals surface area (Å²) in [6, 6.07) is 0. The highest BCUT2D eigenvalue weighted by Crippen LogP contribution is 2.32. The van der Waals surface area contributed by atoms with Crippen molar-refractivity contribution in [1.29, 1.82) is 0 Å². The van der Waals surface area contributed by atoms with Crippen molar-refractivity contribution in [1.82, 2.24) is 8.75 Å². The largest absolute Gasteiger partial charge is 0.512 e. The minimum absolute atomic E-state index is 0.258. The first-order valence-corrected chi connectivity index (χ1v) is 13.1. The molecule has 0 saturated carbocycles. The molecule has 0 bridgehead atoms. The standard InChI is InChI=1S/C24H42N3O4S/c1-5-8-10-12-17-29-23-22(25-32-26-23)20-15-14-16-27(4,19-20)21(7-3)31-24(28)30-18-13-11-9-6-2/h15,21H,5-14,16-19H2,1-4H3/q+1. The summed E-state index contributed by atoms with van der Waals surface area (Å²) in [4.78, 5) is 12.3. The van der Waals surface area contributed by atoms with Gasteiger partial charge in [-0.1, -0.05) is 65.4 Å². The topological polar surface area (TPSA) is 70.5 Å². The van der Waals surface area contributed by atoms with E-state index in [9.17, 15) is 4.79 Å². The minimum Gasteiger partial charge on any atom is -0.475 e. The van der Waals surface area contributed by atoms with Crippen LogP contribution in [0.4, 0.5) is 4.79 Å². The van der Waals surface area contributed by atoms with E-state index in [0.717, 1.165) is 69.3 Å². The lowest BCUT2D eigenvalue weighted by Crippen LogP contribution is -2.56. The van der Waals surface area contributed by atoms with Gasteiger partial charge in [-0.15, -0.1) is 4.37 Å². The Bertz CT molecular complexity index is 709. The smallest absolute Gasteiger partial charge is 0.475 e. The number of unbranched alkanes of at least 4 members (excludes halogenated alkanes) is 6. The van der Waals surface area contributed by atoms with Gasteiger partial charge >= 0.3 is 6.16 Å². The first kappa shape index (κ1) is 26.6. The molecule has 1 aliphatic heterocycles. The van der Waals surface area contributed by atoms with E-state index in [4.69, 9.17) is 14.2 Å². The Labute approximate surface area is 198 Å². The molecule has 0 amide bonds. The third-order valence-electron chi connectivity index (χ3n) is 6.06. The van der Waals surface area contributed by atoms with Crippen LogP contribution in [0.15, 0.2) is 6.08 Å². The first-order chi connectivity index (χ1) is 15.5. The zero-order chi connectivity index (χ0) is 23.2. The summed E-state index contributed by atoms with van der Waals surface area (Å²) < 4.78 is 26.6. The predicted molar refractivity (Wildman–Crippen MR) is 129 cm³/mol. The van der Waals surface area contributed by atoms with E-state index in [1.54, 1.807) is 0 Å². The number of carbonyl (C=O) groups is 1. The summed E-state index contributed by atoms with van der Waals surface area (Å²) in [6.07, 6.45) is 12.0. The van der Waals surface area contributed by atoms with Crippen molar-refractivity contribution in [2.75, 3.05) is 33.4 Å². The lowest BCUT2D eigenvalue weighted by atomic mass is 10.0. The van der Waals surface area contributed by atoms with Gasteiger partial charge in [0.05, 0.1) is 38.5 Å². The maximum absolute atomic E-state index is 12.3. The average molecular weight is 469 g/mol. The Morgan fingerprint density at radius 3 is 2.47 bits per heavy atom. The van der Waals surface area contributed by atoms with E-state index in [-0.39, 0.29) is 6.23 Å². The second-order valence-electron chi connectivity index (χ2n) is 8.85. The summed E-state index contributed by atoms with van der Waals surface area (Å²) in [7, 11) is 2.14. The summed E-state index contributed by atoms with van der Waals surface area (Å²) >= 11 is 1.19. The van der Waals surface area contributed by atoms with Gasteiger partial charge in [0.1, 0.15) is 12.2 Å². The summed E-state index contributed by atoms with van der Waals surface area (Å²) in [6.45, 7) is 9.13. The van der Waals surface area contributed by atoms with E-state index in [2.05, 4.69) is 42.6 Å². The van der Waals surface area contributed by atoms with Crippen molar-refractivity contribution in [3.8, 4) is 5.88 Å². The summed E-state index contributed by atoms with van der Waals surface area (Å²) in [5, 5.41) is 0. The fourth-order valence-corrected chi connectivity index (χ4v) is 4.66. The highest BCUT2D eigenvalue weighted by Gasteiger charge is 2.38. The summed E-state index contributed by atoms with van der Waals surface area (Å²) in [5.74, 6) is 0.631. The molecule has 1 aromatic heterocycles. The maximum Gasteiger partial charge on any atom is 0.512 e. The third-order valence-corrected chi connectivity index (χ3v) is 6.57. The molecule has 0 aliphatic carbocycles. The van der Waals surface area contributed by atoms with Gasteiger partial charge in [-0.25, -0.2) is 4.79 Å². The molecule has 2 atom stereocenters. The molecule has 182 valence electrons. The van der Waals surface area contributed by atoms with Crippen molar-refractivity contribution in [3.05, 3.63) is 11.8 Å². The van der Waals surface area contributed by atoms with Crippen LogP contribution in [0.25, 0.3) is 5.57 Å². The molecule has 2 heterocycles. The van der Waals surface area contributed by atoms with Gasteiger partial charge in [-0.05, 0) is 12.8 Å². The quantitative estimate of drug-likeness (QED) is 0.173. The monoisotopic (exact) mass is 468 g/mol. The molecule has 0 aromatic carbocycles. The maximum atomic E-state index is 12.3. The molecule has 2 unspecified atom stereocenters. The van der Waals surface area contributed by atoms with Crippen LogP contribution in [-0.4, -0.2) is 59.0 Å². The molecule has 32 heavy (non-hydrogen) atoms. The number of hydrogen-bond donors (Lipinski definition) is 0. The Hall–Kier alpha value is -1.67. The summed E-state index contributed by atoms with van der Waals surface area (Å²) in [5.41, 5.74) is 1.95. The van der Waals surface area contributed by atoms with Crippen molar-refractivity contribution >= 4 is 23.5 Å². The molecule has 0 fully saturated rings. The second kappa shape index (κ2) is 14.5. The molecule has 0 radical (unpaired) electrons. The van der Waals surface area contributed by atoms with Gasteiger partial charge in [-0.3, -0.25) is 4.48 Å². The van der Waals surface area contributed by atoms with Gasteiger partial charge in [0.25, 0.3) is 5.88 Å². The van der Waals surface area contributed by atoms with Crippen molar-refractivity contribution in [3.63, 3.8) is 0 Å². The Balaban J connectivity index is 1.92. The van der Waals surface area contributed by atoms with E-state index in [0.29, 0.717) is 23.6 Å². The number of aromatic nitrogens is 2. The van der Waals surface area contributed by atoms with Gasteiger partial charge in [0.2, 0.25) is 6.23 Å². The van der Waals surface area contributed by atoms with E-state index in [1.807, 2.05) is 0 Å². The van der Waals surface area contributed by atoms with Gasteiger partial charge < -0.3 is 14.2 Å². The average Bonchev–Trinajstić information content (AvgIpc) is 3.25. The van der Waals surface area contributed by atoms with Crippen molar-refractivity contribution in [2.45, 2.75) is 91.2 Å². The lowest BCUT2D eigenvalue weighted by molar-refractivity contribution is -0.947. The molecular weight excluding hydrogens is 426 g/mol. The SMILES string of the molecule is CCCCCCOC(=O)OC(CC)[N+]1(C)CCC=C(c2nsnc2OCCCCCC)C1. The highest BCUT2D eigenvalue weighted by atomic mass is 32.1. The molecule has 1 aromatic rings. The molecule has 2 rings (SSSR count). The highest BCUT2D eigenvalue weighted by molar-refractivity contribution is 6.99. The zero-order valence-corrected chi connectivity index (χ0v) is 21.3. The normalized spacial score (nSPS) is 19.3. The van der Waals surface area contributed by atoms with Crippen LogP contribution in [0.5, 0.6) is 5.88 Å². The van der Waals surface area contributed by atoms with Crippen LogP contribution in [0, 0.1) is 0 Å². The van der Waals surface area contributed by atoms with Crippen molar-refractivity contribution < 1.29 is 23.5 Å². The van der Waals surface area contributed by atoms with E-state index >= 15 is 0 Å². The molecule has 0 spiro atoms. The Morgan fingerprint density at radius 2 is 1.78 bits per heavy atom. The van der Waals surface area contributed by atoms with E-state index < -0.39 is 6.16 Å². The van der Waals surface area contributed by atoms with Crippen LogP contribution >= 0.6 is 11.7 Å². The van der Waals surface area contributed by atoms with Crippen LogP contribution in [-0.2, 0) is 9.47 Å². The Kier molecular flexibility index (Phi) is 12.0.